The Kier molecular flexibility index (Phi) is 3.99. The van der Waals surface area contributed by atoms with Crippen LogP contribution in [0.5, 0.6) is 0 Å². The number of nitrogens with one attached hydrogen (secondary N) is 1. The third-order valence-electron chi connectivity index (χ3n) is 2.92. The molecule has 0 spiro atoms. The van der Waals surface area contributed by atoms with Crippen LogP contribution in [0.25, 0.3) is 11.3 Å². The lowest BCUT2D eigenvalue weighted by molar-refractivity contribution is 0.570. The quantitative estimate of drug-likeness (QED) is 0.838. The molecule has 1 aromatic heterocycles. The Balaban J connectivity index is 2.08. The van der Waals surface area contributed by atoms with Crippen molar-refractivity contribution in [1.82, 2.24) is 5.32 Å². The van der Waals surface area contributed by atoms with E-state index in [1.165, 1.54) is 5.56 Å². The summed E-state index contributed by atoms with van der Waals surface area (Å²) in [5.41, 5.74) is 2.44. The molecule has 0 aliphatic rings. The van der Waals surface area contributed by atoms with Crippen molar-refractivity contribution in [2.45, 2.75) is 26.3 Å². The fourth-order valence-corrected chi connectivity index (χ4v) is 1.86. The minimum absolute atomic E-state index is 0.403. The van der Waals surface area contributed by atoms with Gasteiger partial charge in [0.05, 0.1) is 6.26 Å². The lowest BCUT2D eigenvalue weighted by Gasteiger charge is -2.13. The van der Waals surface area contributed by atoms with Gasteiger partial charge in [0.15, 0.2) is 0 Å². The second kappa shape index (κ2) is 5.69. The largest absolute Gasteiger partial charge is 0.464 e. The standard InChI is InChI=1S/C15H19NO/c1-3-10-16-12(2)13-6-8-14(9-7-13)15-5-4-11-17-15/h4-9,11-12,16H,3,10H2,1-2H3. The van der Waals surface area contributed by atoms with Gasteiger partial charge in [-0.25, -0.2) is 0 Å². The van der Waals surface area contributed by atoms with E-state index in [0.717, 1.165) is 24.3 Å². The van der Waals surface area contributed by atoms with E-state index >= 15 is 0 Å². The minimum atomic E-state index is 0.403. The van der Waals surface area contributed by atoms with Gasteiger partial charge in [0.1, 0.15) is 5.76 Å². The van der Waals surface area contributed by atoms with E-state index in [0.29, 0.717) is 6.04 Å². The highest BCUT2D eigenvalue weighted by atomic mass is 16.3. The maximum absolute atomic E-state index is 5.37. The van der Waals surface area contributed by atoms with Gasteiger partial charge in [-0.05, 0) is 37.6 Å². The molecule has 1 unspecified atom stereocenters. The summed E-state index contributed by atoms with van der Waals surface area (Å²) in [5.74, 6) is 0.922. The summed E-state index contributed by atoms with van der Waals surface area (Å²) < 4.78 is 5.37. The van der Waals surface area contributed by atoms with Gasteiger partial charge in [-0.1, -0.05) is 31.2 Å². The summed E-state index contributed by atoms with van der Waals surface area (Å²) in [6.07, 6.45) is 2.86. The first-order valence-electron chi connectivity index (χ1n) is 6.18. The summed E-state index contributed by atoms with van der Waals surface area (Å²) in [5, 5.41) is 3.48. The van der Waals surface area contributed by atoms with Crippen molar-refractivity contribution in [3.63, 3.8) is 0 Å². The molecular formula is C15H19NO. The average Bonchev–Trinajstić information content (AvgIpc) is 2.90. The summed E-state index contributed by atoms with van der Waals surface area (Å²) in [6, 6.07) is 12.8. The van der Waals surface area contributed by atoms with Crippen molar-refractivity contribution in [2.75, 3.05) is 6.54 Å². The van der Waals surface area contributed by atoms with E-state index in [-0.39, 0.29) is 0 Å². The maximum Gasteiger partial charge on any atom is 0.133 e. The van der Waals surface area contributed by atoms with Gasteiger partial charge in [-0.15, -0.1) is 0 Å². The zero-order valence-corrected chi connectivity index (χ0v) is 10.4. The highest BCUT2D eigenvalue weighted by Crippen LogP contribution is 2.22. The molecule has 0 amide bonds. The summed E-state index contributed by atoms with van der Waals surface area (Å²) >= 11 is 0. The van der Waals surface area contributed by atoms with E-state index in [1.54, 1.807) is 6.26 Å². The van der Waals surface area contributed by atoms with Gasteiger partial charge in [0, 0.05) is 11.6 Å². The van der Waals surface area contributed by atoms with Crippen LogP contribution in [0.15, 0.2) is 47.1 Å². The molecule has 2 heteroatoms. The lowest BCUT2D eigenvalue weighted by atomic mass is 10.0. The Morgan fingerprint density at radius 3 is 2.53 bits per heavy atom. The summed E-state index contributed by atoms with van der Waals surface area (Å²) in [7, 11) is 0. The van der Waals surface area contributed by atoms with Crippen LogP contribution in [0.1, 0.15) is 31.9 Å². The molecule has 0 fully saturated rings. The van der Waals surface area contributed by atoms with Crippen LogP contribution in [-0.4, -0.2) is 6.54 Å². The molecule has 2 nitrogen and oxygen atoms in total. The molecular weight excluding hydrogens is 210 g/mol. The second-order valence-electron chi connectivity index (χ2n) is 4.28. The average molecular weight is 229 g/mol. The smallest absolute Gasteiger partial charge is 0.133 e. The van der Waals surface area contributed by atoms with Crippen LogP contribution in [0.2, 0.25) is 0 Å². The van der Waals surface area contributed by atoms with Gasteiger partial charge in [0.2, 0.25) is 0 Å². The first-order chi connectivity index (χ1) is 8.31. The number of furan rings is 1. The lowest BCUT2D eigenvalue weighted by Crippen LogP contribution is -2.19. The van der Waals surface area contributed by atoms with Crippen molar-refractivity contribution in [2.24, 2.45) is 0 Å². The second-order valence-corrected chi connectivity index (χ2v) is 4.28. The molecule has 2 aromatic rings. The molecule has 0 saturated heterocycles. The van der Waals surface area contributed by atoms with Gasteiger partial charge in [0.25, 0.3) is 0 Å². The number of hydrogen-bond donors (Lipinski definition) is 1. The van der Waals surface area contributed by atoms with Gasteiger partial charge in [-0.3, -0.25) is 0 Å². The molecule has 1 N–H and O–H groups in total. The van der Waals surface area contributed by atoms with Crippen LogP contribution in [0, 0.1) is 0 Å². The van der Waals surface area contributed by atoms with Crippen LogP contribution in [0.4, 0.5) is 0 Å². The predicted molar refractivity (Wildman–Crippen MR) is 70.9 cm³/mol. The van der Waals surface area contributed by atoms with E-state index in [1.807, 2.05) is 12.1 Å². The van der Waals surface area contributed by atoms with E-state index < -0.39 is 0 Å². The highest BCUT2D eigenvalue weighted by Gasteiger charge is 2.05. The molecule has 0 aliphatic heterocycles. The minimum Gasteiger partial charge on any atom is -0.464 e. The van der Waals surface area contributed by atoms with Gasteiger partial charge >= 0.3 is 0 Å². The molecule has 90 valence electrons. The van der Waals surface area contributed by atoms with Crippen molar-refractivity contribution < 1.29 is 4.42 Å². The summed E-state index contributed by atoms with van der Waals surface area (Å²) in [4.78, 5) is 0. The molecule has 1 atom stereocenters. The molecule has 0 radical (unpaired) electrons. The molecule has 0 aliphatic carbocycles. The van der Waals surface area contributed by atoms with Crippen LogP contribution in [0.3, 0.4) is 0 Å². The molecule has 1 heterocycles. The normalized spacial score (nSPS) is 12.6. The Labute approximate surface area is 103 Å². The maximum atomic E-state index is 5.37. The van der Waals surface area contributed by atoms with Crippen molar-refractivity contribution in [3.05, 3.63) is 48.2 Å². The predicted octanol–water partition coefficient (Wildman–Crippen LogP) is 4.01. The number of rotatable bonds is 5. The highest BCUT2D eigenvalue weighted by molar-refractivity contribution is 5.57. The van der Waals surface area contributed by atoms with Crippen LogP contribution < -0.4 is 5.32 Å². The Morgan fingerprint density at radius 2 is 1.94 bits per heavy atom. The molecule has 1 aromatic carbocycles. The Morgan fingerprint density at radius 1 is 1.18 bits per heavy atom. The van der Waals surface area contributed by atoms with Gasteiger partial charge < -0.3 is 9.73 Å². The van der Waals surface area contributed by atoms with Crippen molar-refractivity contribution in [1.29, 1.82) is 0 Å². The van der Waals surface area contributed by atoms with E-state index in [4.69, 9.17) is 4.42 Å². The molecule has 2 rings (SSSR count). The Bertz CT molecular complexity index is 430. The van der Waals surface area contributed by atoms with E-state index in [9.17, 15) is 0 Å². The zero-order chi connectivity index (χ0) is 12.1. The fraction of sp³-hybridized carbons (Fsp3) is 0.333. The third-order valence-corrected chi connectivity index (χ3v) is 2.92. The molecule has 17 heavy (non-hydrogen) atoms. The zero-order valence-electron chi connectivity index (χ0n) is 10.4. The third kappa shape index (κ3) is 2.98. The number of benzene rings is 1. The molecule has 0 bridgehead atoms. The van der Waals surface area contributed by atoms with E-state index in [2.05, 4.69) is 43.4 Å². The summed E-state index contributed by atoms with van der Waals surface area (Å²) in [6.45, 7) is 5.43. The first kappa shape index (κ1) is 11.9. The van der Waals surface area contributed by atoms with Crippen molar-refractivity contribution in [3.8, 4) is 11.3 Å². The van der Waals surface area contributed by atoms with Gasteiger partial charge in [-0.2, -0.15) is 0 Å². The molecule has 0 saturated carbocycles. The number of hydrogen-bond acceptors (Lipinski definition) is 2. The van der Waals surface area contributed by atoms with Crippen LogP contribution >= 0.6 is 0 Å². The van der Waals surface area contributed by atoms with Crippen molar-refractivity contribution >= 4 is 0 Å². The topological polar surface area (TPSA) is 25.2 Å². The monoisotopic (exact) mass is 229 g/mol. The van der Waals surface area contributed by atoms with Crippen LogP contribution in [-0.2, 0) is 0 Å². The first-order valence-corrected chi connectivity index (χ1v) is 6.18. The SMILES string of the molecule is CCCNC(C)c1ccc(-c2ccco2)cc1. The fourth-order valence-electron chi connectivity index (χ4n) is 1.86. The Hall–Kier alpha value is -1.54.